The lowest BCUT2D eigenvalue weighted by Gasteiger charge is -2.15. The first kappa shape index (κ1) is 16.6. The highest BCUT2D eigenvalue weighted by Crippen LogP contribution is 2.28. The lowest BCUT2D eigenvalue weighted by Crippen LogP contribution is -2.14. The second-order valence-electron chi connectivity index (χ2n) is 7.13. The van der Waals surface area contributed by atoms with E-state index in [1.807, 2.05) is 42.5 Å². The maximum absolute atomic E-state index is 6.00. The molecule has 1 aromatic carbocycles. The average molecular weight is 349 g/mol. The van der Waals surface area contributed by atoms with Crippen LogP contribution in [0.5, 0.6) is 5.88 Å². The van der Waals surface area contributed by atoms with Crippen LogP contribution in [0.3, 0.4) is 0 Å². The SMILES string of the molecule is CC(C)CCC(C)Oc1ccc2ncc(-c3cc4ccccc4o3)n2n1. The summed E-state index contributed by atoms with van der Waals surface area (Å²) in [4.78, 5) is 4.43. The molecule has 0 aliphatic carbocycles. The minimum atomic E-state index is 0.125. The summed E-state index contributed by atoms with van der Waals surface area (Å²) in [7, 11) is 0. The van der Waals surface area contributed by atoms with Crippen molar-refractivity contribution in [1.82, 2.24) is 14.6 Å². The molecule has 3 aromatic heterocycles. The molecule has 4 rings (SSSR count). The monoisotopic (exact) mass is 349 g/mol. The van der Waals surface area contributed by atoms with E-state index in [1.54, 1.807) is 10.7 Å². The second-order valence-corrected chi connectivity index (χ2v) is 7.13. The van der Waals surface area contributed by atoms with Crippen LogP contribution in [0.15, 0.2) is 53.1 Å². The second kappa shape index (κ2) is 6.83. The van der Waals surface area contributed by atoms with Gasteiger partial charge in [0.05, 0.1) is 12.3 Å². The molecule has 0 saturated heterocycles. The van der Waals surface area contributed by atoms with E-state index in [4.69, 9.17) is 9.15 Å². The van der Waals surface area contributed by atoms with Gasteiger partial charge in [-0.3, -0.25) is 0 Å². The molecule has 4 aromatic rings. The minimum absolute atomic E-state index is 0.125. The maximum Gasteiger partial charge on any atom is 0.232 e. The van der Waals surface area contributed by atoms with E-state index in [-0.39, 0.29) is 6.10 Å². The molecule has 0 spiro atoms. The molecule has 1 atom stereocenters. The summed E-state index contributed by atoms with van der Waals surface area (Å²) in [6, 6.07) is 13.8. The fraction of sp³-hybridized carbons (Fsp3) is 0.333. The topological polar surface area (TPSA) is 52.6 Å². The minimum Gasteiger partial charge on any atom is -0.474 e. The van der Waals surface area contributed by atoms with Gasteiger partial charge < -0.3 is 9.15 Å². The van der Waals surface area contributed by atoms with Crippen molar-refractivity contribution in [1.29, 1.82) is 0 Å². The van der Waals surface area contributed by atoms with Crippen molar-refractivity contribution in [3.05, 3.63) is 48.7 Å². The van der Waals surface area contributed by atoms with Gasteiger partial charge in [-0.1, -0.05) is 32.0 Å². The van der Waals surface area contributed by atoms with Crippen LogP contribution in [0, 0.1) is 5.92 Å². The van der Waals surface area contributed by atoms with Gasteiger partial charge in [0, 0.05) is 11.5 Å². The van der Waals surface area contributed by atoms with Crippen molar-refractivity contribution in [3.63, 3.8) is 0 Å². The molecule has 0 aliphatic heterocycles. The number of hydrogen-bond donors (Lipinski definition) is 0. The van der Waals surface area contributed by atoms with Crippen molar-refractivity contribution in [2.45, 2.75) is 39.7 Å². The Hall–Kier alpha value is -2.82. The number of furan rings is 1. The van der Waals surface area contributed by atoms with Crippen molar-refractivity contribution in [2.24, 2.45) is 5.92 Å². The van der Waals surface area contributed by atoms with E-state index in [1.165, 1.54) is 0 Å². The molecule has 0 N–H and O–H groups in total. The smallest absolute Gasteiger partial charge is 0.232 e. The number of aromatic nitrogens is 3. The van der Waals surface area contributed by atoms with Gasteiger partial charge in [0.15, 0.2) is 11.4 Å². The normalized spacial score (nSPS) is 12.9. The van der Waals surface area contributed by atoms with Crippen molar-refractivity contribution < 1.29 is 9.15 Å². The standard InChI is InChI=1S/C21H23N3O2/c1-14(2)8-9-15(3)25-21-11-10-20-22-13-17(24(20)23-21)19-12-16-6-4-5-7-18(16)26-19/h4-7,10-15H,8-9H2,1-3H3. The Kier molecular flexibility index (Phi) is 4.37. The molecular formula is C21H23N3O2. The first-order valence-corrected chi connectivity index (χ1v) is 9.10. The van der Waals surface area contributed by atoms with E-state index in [9.17, 15) is 0 Å². The number of fused-ring (bicyclic) bond motifs is 2. The number of para-hydroxylation sites is 1. The highest BCUT2D eigenvalue weighted by Gasteiger charge is 2.14. The van der Waals surface area contributed by atoms with Gasteiger partial charge in [-0.2, -0.15) is 0 Å². The third kappa shape index (κ3) is 3.29. The Bertz CT molecular complexity index is 999. The predicted molar refractivity (Wildman–Crippen MR) is 102 cm³/mol. The van der Waals surface area contributed by atoms with Gasteiger partial charge in [0.25, 0.3) is 0 Å². The molecule has 5 heteroatoms. The van der Waals surface area contributed by atoms with Crippen LogP contribution in [0.25, 0.3) is 28.1 Å². The van der Waals surface area contributed by atoms with Gasteiger partial charge in [-0.05, 0) is 43.9 Å². The molecule has 0 bridgehead atoms. The Morgan fingerprint density at radius 3 is 2.73 bits per heavy atom. The lowest BCUT2D eigenvalue weighted by molar-refractivity contribution is 0.191. The fourth-order valence-corrected chi connectivity index (χ4v) is 3.03. The summed E-state index contributed by atoms with van der Waals surface area (Å²) in [5, 5.41) is 5.68. The number of hydrogen-bond acceptors (Lipinski definition) is 4. The van der Waals surface area contributed by atoms with Crippen molar-refractivity contribution in [3.8, 4) is 17.3 Å². The molecule has 0 aliphatic rings. The highest BCUT2D eigenvalue weighted by molar-refractivity contribution is 5.82. The molecule has 0 amide bonds. The molecule has 3 heterocycles. The first-order valence-electron chi connectivity index (χ1n) is 9.10. The summed E-state index contributed by atoms with van der Waals surface area (Å²) in [5.74, 6) is 2.02. The summed E-state index contributed by atoms with van der Waals surface area (Å²) < 4.78 is 13.7. The zero-order chi connectivity index (χ0) is 18.1. The quantitative estimate of drug-likeness (QED) is 0.471. The zero-order valence-corrected chi connectivity index (χ0v) is 15.3. The molecule has 0 fully saturated rings. The van der Waals surface area contributed by atoms with Crippen LogP contribution >= 0.6 is 0 Å². The highest BCUT2D eigenvalue weighted by atomic mass is 16.5. The molecule has 5 nitrogen and oxygen atoms in total. The van der Waals surface area contributed by atoms with Gasteiger partial charge in [0.1, 0.15) is 11.3 Å². The van der Waals surface area contributed by atoms with Gasteiger partial charge in [-0.25, -0.2) is 9.50 Å². The van der Waals surface area contributed by atoms with Crippen LogP contribution in [0.4, 0.5) is 0 Å². The molecule has 26 heavy (non-hydrogen) atoms. The summed E-state index contributed by atoms with van der Waals surface area (Å²) >= 11 is 0. The Labute approximate surface area is 152 Å². The third-order valence-corrected chi connectivity index (χ3v) is 4.49. The van der Waals surface area contributed by atoms with Crippen LogP contribution in [0.1, 0.15) is 33.6 Å². The Morgan fingerprint density at radius 1 is 1.08 bits per heavy atom. The van der Waals surface area contributed by atoms with Gasteiger partial charge in [0.2, 0.25) is 5.88 Å². The number of imidazole rings is 1. The van der Waals surface area contributed by atoms with Crippen LogP contribution in [0.2, 0.25) is 0 Å². The third-order valence-electron chi connectivity index (χ3n) is 4.49. The average Bonchev–Trinajstić information content (AvgIpc) is 3.23. The van der Waals surface area contributed by atoms with Crippen LogP contribution in [-0.2, 0) is 0 Å². The largest absolute Gasteiger partial charge is 0.474 e. The lowest BCUT2D eigenvalue weighted by atomic mass is 10.1. The summed E-state index contributed by atoms with van der Waals surface area (Å²) in [6.07, 6.45) is 4.06. The molecule has 0 radical (unpaired) electrons. The predicted octanol–water partition coefficient (Wildman–Crippen LogP) is 5.35. The summed E-state index contributed by atoms with van der Waals surface area (Å²) in [5.41, 5.74) is 2.44. The van der Waals surface area contributed by atoms with Crippen LogP contribution in [-0.4, -0.2) is 20.7 Å². The van der Waals surface area contributed by atoms with E-state index in [0.29, 0.717) is 11.8 Å². The maximum atomic E-state index is 6.00. The van der Waals surface area contributed by atoms with Crippen molar-refractivity contribution >= 4 is 16.6 Å². The van der Waals surface area contributed by atoms with E-state index >= 15 is 0 Å². The molecule has 0 saturated carbocycles. The number of ether oxygens (including phenoxy) is 1. The number of nitrogens with zero attached hydrogens (tertiary/aromatic N) is 3. The Balaban J connectivity index is 1.64. The van der Waals surface area contributed by atoms with Gasteiger partial charge >= 0.3 is 0 Å². The zero-order valence-electron chi connectivity index (χ0n) is 15.3. The fourth-order valence-electron chi connectivity index (χ4n) is 3.03. The molecular weight excluding hydrogens is 326 g/mol. The van der Waals surface area contributed by atoms with E-state index in [0.717, 1.165) is 40.9 Å². The van der Waals surface area contributed by atoms with Crippen LogP contribution < -0.4 is 4.74 Å². The Morgan fingerprint density at radius 2 is 1.92 bits per heavy atom. The first-order chi connectivity index (χ1) is 12.6. The van der Waals surface area contributed by atoms with Crippen molar-refractivity contribution in [2.75, 3.05) is 0 Å². The summed E-state index contributed by atoms with van der Waals surface area (Å²) in [6.45, 7) is 6.53. The van der Waals surface area contributed by atoms with E-state index < -0.39 is 0 Å². The molecule has 1 unspecified atom stereocenters. The molecule has 134 valence electrons. The number of rotatable bonds is 6. The number of benzene rings is 1. The van der Waals surface area contributed by atoms with Gasteiger partial charge in [-0.15, -0.1) is 5.10 Å². The van der Waals surface area contributed by atoms with E-state index in [2.05, 4.69) is 30.9 Å².